The van der Waals surface area contributed by atoms with Crippen LogP contribution in [-0.2, 0) is 0 Å². The summed E-state index contributed by atoms with van der Waals surface area (Å²) in [6, 6.07) is 67.2. The maximum Gasteiger partial charge on any atom is -0.0148 e. The van der Waals surface area contributed by atoms with Crippen LogP contribution >= 0.6 is 0 Å². The van der Waals surface area contributed by atoms with Gasteiger partial charge in [-0.3, -0.25) is 0 Å². The molecule has 0 bridgehead atoms. The summed E-state index contributed by atoms with van der Waals surface area (Å²) in [5.41, 5.74) is 14.1. The van der Waals surface area contributed by atoms with Gasteiger partial charge in [0.2, 0.25) is 0 Å². The molecule has 0 aromatic heterocycles. The second-order valence-electron chi connectivity index (χ2n) is 14.9. The molecule has 59 heavy (non-hydrogen) atoms. The predicted molar refractivity (Wildman–Crippen MR) is 262 cm³/mol. The van der Waals surface area contributed by atoms with Crippen molar-refractivity contribution in [1.82, 2.24) is 0 Å². The molecular formula is C59H52. The van der Waals surface area contributed by atoms with Crippen LogP contribution in [-0.4, -0.2) is 0 Å². The molecule has 0 aliphatic rings. The Labute approximate surface area is 351 Å². The van der Waals surface area contributed by atoms with Gasteiger partial charge >= 0.3 is 0 Å². The zero-order valence-corrected chi connectivity index (χ0v) is 34.9. The quantitative estimate of drug-likeness (QED) is 0.158. The van der Waals surface area contributed by atoms with Gasteiger partial charge in [0.05, 0.1) is 0 Å². The lowest BCUT2D eigenvalue weighted by molar-refractivity contribution is 1.48. The second-order valence-corrected chi connectivity index (χ2v) is 14.9. The van der Waals surface area contributed by atoms with E-state index >= 15 is 0 Å². The number of hydrogen-bond donors (Lipinski definition) is 0. The molecule has 0 saturated heterocycles. The van der Waals surface area contributed by atoms with Crippen LogP contribution in [0.4, 0.5) is 0 Å². The van der Waals surface area contributed by atoms with Crippen LogP contribution < -0.4 is 0 Å². The van der Waals surface area contributed by atoms with Gasteiger partial charge in [-0.05, 0) is 152 Å². The molecule has 0 aliphatic heterocycles. The van der Waals surface area contributed by atoms with Crippen molar-refractivity contribution in [1.29, 1.82) is 0 Å². The molecule has 0 heteroatoms. The van der Waals surface area contributed by atoms with Crippen LogP contribution in [0.2, 0.25) is 0 Å². The fourth-order valence-electron chi connectivity index (χ4n) is 7.76. The lowest BCUT2D eigenvalue weighted by atomic mass is 9.94. The number of rotatable bonds is 6. The minimum atomic E-state index is 1.24. The third kappa shape index (κ3) is 9.93. The molecule has 9 aromatic carbocycles. The monoisotopic (exact) mass is 760 g/mol. The maximum atomic E-state index is 2.29. The van der Waals surface area contributed by atoms with Crippen LogP contribution in [0.5, 0.6) is 0 Å². The van der Waals surface area contributed by atoms with Gasteiger partial charge in [-0.25, -0.2) is 0 Å². The first kappa shape index (κ1) is 40.2. The summed E-state index contributed by atoms with van der Waals surface area (Å²) < 4.78 is 0. The summed E-state index contributed by atoms with van der Waals surface area (Å²) in [5.74, 6) is 0. The molecule has 0 saturated carbocycles. The maximum absolute atomic E-state index is 2.29. The summed E-state index contributed by atoms with van der Waals surface area (Å²) in [6.07, 6.45) is 12.6. The lowest BCUT2D eigenvalue weighted by Gasteiger charge is -2.10. The van der Waals surface area contributed by atoms with Crippen molar-refractivity contribution in [2.45, 2.75) is 34.6 Å². The molecule has 0 unspecified atom stereocenters. The topological polar surface area (TPSA) is 0 Å². The molecule has 0 radical (unpaired) electrons. The van der Waals surface area contributed by atoms with Gasteiger partial charge < -0.3 is 0 Å². The lowest BCUT2D eigenvalue weighted by Crippen LogP contribution is -1.86. The standard InChI is InChI=1S/2C20H18.C19H16/c1-3-7-16-8-6-10-18(14-16)20-13-12-17-9-4-5-11-19(17)15(20)2;1-3-7-16-8-6-11-19(13-16)20-14-18-10-5-4-9-17(18)12-15(20)2;1-2-5-15-8-10-17(11-9-15)19-13-12-16-6-3-4-7-18(16)14-19/h2*3-14H,1-2H3;2-14H,1H3/b2*7-3+;5-2+. The number of hydrogen-bond acceptors (Lipinski definition) is 0. The average molecular weight is 761 g/mol. The molecule has 9 rings (SSSR count). The summed E-state index contributed by atoms with van der Waals surface area (Å²) in [4.78, 5) is 0. The fraction of sp³-hybridized carbons (Fsp3) is 0.0847. The van der Waals surface area contributed by atoms with Crippen molar-refractivity contribution >= 4 is 50.5 Å². The Bertz CT molecular complexity index is 2860. The third-order valence-corrected chi connectivity index (χ3v) is 10.8. The van der Waals surface area contributed by atoms with Gasteiger partial charge in [0.15, 0.2) is 0 Å². The molecule has 0 nitrogen and oxygen atoms in total. The zero-order chi connectivity index (χ0) is 41.0. The average Bonchev–Trinajstić information content (AvgIpc) is 3.27. The highest BCUT2D eigenvalue weighted by molar-refractivity contribution is 5.92. The van der Waals surface area contributed by atoms with Gasteiger partial charge in [-0.15, -0.1) is 0 Å². The summed E-state index contributed by atoms with van der Waals surface area (Å²) in [7, 11) is 0. The van der Waals surface area contributed by atoms with E-state index in [1.54, 1.807) is 0 Å². The third-order valence-electron chi connectivity index (χ3n) is 10.8. The largest absolute Gasteiger partial charge is 0.0871 e. The van der Waals surface area contributed by atoms with Crippen LogP contribution in [0.15, 0.2) is 206 Å². The number of aryl methyl sites for hydroxylation is 2. The summed E-state index contributed by atoms with van der Waals surface area (Å²) in [6.45, 7) is 10.5. The molecule has 0 spiro atoms. The number of fused-ring (bicyclic) bond motifs is 3. The summed E-state index contributed by atoms with van der Waals surface area (Å²) >= 11 is 0. The molecule has 0 aliphatic carbocycles. The molecule has 0 N–H and O–H groups in total. The van der Waals surface area contributed by atoms with Crippen LogP contribution in [0, 0.1) is 13.8 Å². The molecular weight excluding hydrogens is 709 g/mol. The highest BCUT2D eigenvalue weighted by Crippen LogP contribution is 2.31. The molecule has 0 fully saturated rings. The zero-order valence-electron chi connectivity index (χ0n) is 34.9. The van der Waals surface area contributed by atoms with E-state index in [1.807, 2.05) is 20.8 Å². The van der Waals surface area contributed by atoms with Gasteiger partial charge in [-0.2, -0.15) is 0 Å². The minimum Gasteiger partial charge on any atom is -0.0871 e. The second kappa shape index (κ2) is 19.4. The van der Waals surface area contributed by atoms with Gasteiger partial charge in [0.25, 0.3) is 0 Å². The SMILES string of the molecule is C/C=C/c1ccc(-c2ccc3ccccc3c2)cc1.C/C=C/c1cccc(-c2cc3ccccc3cc2C)c1.C/C=C/c1cccc(-c2ccc3ccccc3c2C)c1. The van der Waals surface area contributed by atoms with Crippen molar-refractivity contribution < 1.29 is 0 Å². The fourth-order valence-corrected chi connectivity index (χ4v) is 7.76. The van der Waals surface area contributed by atoms with Gasteiger partial charge in [0.1, 0.15) is 0 Å². The minimum absolute atomic E-state index is 1.24. The van der Waals surface area contributed by atoms with Crippen molar-refractivity contribution in [3.05, 3.63) is 234 Å². The highest BCUT2D eigenvalue weighted by atomic mass is 14.1. The Morgan fingerprint density at radius 1 is 0.305 bits per heavy atom. The van der Waals surface area contributed by atoms with Gasteiger partial charge in [0, 0.05) is 0 Å². The predicted octanol–water partition coefficient (Wildman–Crippen LogP) is 17.2. The number of allylic oxidation sites excluding steroid dienone is 3. The molecule has 288 valence electrons. The normalized spacial score (nSPS) is 11.3. The van der Waals surface area contributed by atoms with E-state index < -0.39 is 0 Å². The Morgan fingerprint density at radius 3 is 1.42 bits per heavy atom. The molecule has 0 heterocycles. The van der Waals surface area contributed by atoms with Crippen LogP contribution in [0.1, 0.15) is 48.6 Å². The Morgan fingerprint density at radius 2 is 0.797 bits per heavy atom. The first-order valence-electron chi connectivity index (χ1n) is 20.6. The number of benzene rings is 9. The first-order chi connectivity index (χ1) is 28.9. The van der Waals surface area contributed by atoms with E-state index in [2.05, 4.69) is 238 Å². The van der Waals surface area contributed by atoms with Crippen molar-refractivity contribution in [2.75, 3.05) is 0 Å². The Kier molecular flexibility index (Phi) is 13.2. The van der Waals surface area contributed by atoms with E-state index in [0.717, 1.165) is 0 Å². The molecule has 0 amide bonds. The highest BCUT2D eigenvalue weighted by Gasteiger charge is 2.07. The van der Waals surface area contributed by atoms with E-state index in [9.17, 15) is 0 Å². The van der Waals surface area contributed by atoms with E-state index in [1.165, 1.54) is 93.5 Å². The van der Waals surface area contributed by atoms with Crippen molar-refractivity contribution in [3.63, 3.8) is 0 Å². The van der Waals surface area contributed by atoms with E-state index in [-0.39, 0.29) is 0 Å². The molecule has 0 atom stereocenters. The smallest absolute Gasteiger partial charge is 0.0148 e. The van der Waals surface area contributed by atoms with Crippen LogP contribution in [0.25, 0.3) is 83.9 Å². The van der Waals surface area contributed by atoms with Crippen molar-refractivity contribution in [3.8, 4) is 33.4 Å². The molecule has 9 aromatic rings. The Hall–Kier alpha value is -7.02. The first-order valence-corrected chi connectivity index (χ1v) is 20.6. The van der Waals surface area contributed by atoms with Crippen molar-refractivity contribution in [2.24, 2.45) is 0 Å². The van der Waals surface area contributed by atoms with E-state index in [0.29, 0.717) is 0 Å². The summed E-state index contributed by atoms with van der Waals surface area (Å²) in [5, 5.41) is 7.82. The van der Waals surface area contributed by atoms with Gasteiger partial charge in [-0.1, -0.05) is 200 Å². The van der Waals surface area contributed by atoms with Crippen LogP contribution in [0.3, 0.4) is 0 Å². The Balaban J connectivity index is 0.000000134. The van der Waals surface area contributed by atoms with E-state index in [4.69, 9.17) is 0 Å².